The number of benzene rings is 2. The van der Waals surface area contributed by atoms with Gasteiger partial charge in [-0.1, -0.05) is 66.2 Å². The maximum Gasteiger partial charge on any atom is 1.00 e. The topological polar surface area (TPSA) is 0 Å². The monoisotopic (exact) mass is 292 g/mol. The predicted molar refractivity (Wildman–Crippen MR) is 84.2 cm³/mol. The third kappa shape index (κ3) is 4.40. The summed E-state index contributed by atoms with van der Waals surface area (Å²) in [6.07, 6.45) is -0.933. The van der Waals surface area contributed by atoms with E-state index in [1.807, 2.05) is 60.7 Å². The van der Waals surface area contributed by atoms with Gasteiger partial charge < -0.3 is 0 Å². The van der Waals surface area contributed by atoms with Crippen LogP contribution in [-0.4, -0.2) is 6.15 Å². The van der Waals surface area contributed by atoms with Gasteiger partial charge in [0.15, 0.2) is 0 Å². The van der Waals surface area contributed by atoms with E-state index >= 15 is 0 Å². The average molecular weight is 292 g/mol. The SMILES string of the molecule is C[B-](C)(C)/C(=C(\F)c1ccccc1)c1ccccc1.[K+]. The Hall–Kier alpha value is -0.189. The number of rotatable bonds is 3. The molecule has 20 heavy (non-hydrogen) atoms. The van der Waals surface area contributed by atoms with Crippen molar-refractivity contribution in [3.05, 3.63) is 71.8 Å². The van der Waals surface area contributed by atoms with Crippen LogP contribution in [0.15, 0.2) is 60.7 Å². The summed E-state index contributed by atoms with van der Waals surface area (Å²) < 4.78 is 14.9. The van der Waals surface area contributed by atoms with Crippen molar-refractivity contribution in [2.75, 3.05) is 0 Å². The molecule has 0 aliphatic heterocycles. The van der Waals surface area contributed by atoms with Gasteiger partial charge in [0, 0.05) is 11.7 Å². The third-order valence-corrected chi connectivity index (χ3v) is 3.21. The molecule has 0 bridgehead atoms. The zero-order valence-corrected chi connectivity index (χ0v) is 15.9. The van der Waals surface area contributed by atoms with Crippen molar-refractivity contribution in [2.24, 2.45) is 0 Å². The van der Waals surface area contributed by atoms with Crippen LogP contribution in [0, 0.1) is 0 Å². The molecule has 2 rings (SSSR count). The van der Waals surface area contributed by atoms with Crippen LogP contribution in [-0.2, 0) is 0 Å². The molecule has 0 saturated carbocycles. The van der Waals surface area contributed by atoms with Crippen molar-refractivity contribution >= 4 is 17.4 Å². The molecule has 0 amide bonds. The summed E-state index contributed by atoms with van der Waals surface area (Å²) in [7, 11) is 0. The van der Waals surface area contributed by atoms with Gasteiger partial charge in [-0.3, -0.25) is 0 Å². The fraction of sp³-hybridized carbons (Fsp3) is 0.176. The van der Waals surface area contributed by atoms with Crippen LogP contribution in [0.4, 0.5) is 4.39 Å². The molecule has 0 unspecified atom stereocenters. The number of hydrogen-bond acceptors (Lipinski definition) is 0. The normalized spacial score (nSPS) is 12.4. The molecule has 0 N–H and O–H groups in total. The molecule has 0 heterocycles. The molecule has 0 aromatic heterocycles. The van der Waals surface area contributed by atoms with Crippen LogP contribution in [0.3, 0.4) is 0 Å². The van der Waals surface area contributed by atoms with Gasteiger partial charge in [-0.25, -0.2) is 4.39 Å². The van der Waals surface area contributed by atoms with Crippen LogP contribution >= 0.6 is 0 Å². The Morgan fingerprint density at radius 2 is 1.15 bits per heavy atom. The van der Waals surface area contributed by atoms with Crippen LogP contribution in [0.1, 0.15) is 11.1 Å². The van der Waals surface area contributed by atoms with E-state index in [0.717, 1.165) is 11.0 Å². The van der Waals surface area contributed by atoms with Crippen molar-refractivity contribution in [3.63, 3.8) is 0 Å². The quantitative estimate of drug-likeness (QED) is 0.602. The molecule has 0 radical (unpaired) electrons. The van der Waals surface area contributed by atoms with E-state index in [-0.39, 0.29) is 57.2 Å². The molecular formula is C17H19BFK. The minimum Gasteiger partial charge on any atom is -0.210 e. The second-order valence-corrected chi connectivity index (χ2v) is 6.06. The maximum atomic E-state index is 14.9. The van der Waals surface area contributed by atoms with E-state index in [1.165, 1.54) is 0 Å². The van der Waals surface area contributed by atoms with Gasteiger partial charge in [-0.05, 0) is 0 Å². The Bertz CT molecular complexity index is 571. The van der Waals surface area contributed by atoms with E-state index in [4.69, 9.17) is 0 Å². The van der Waals surface area contributed by atoms with Gasteiger partial charge >= 0.3 is 51.4 Å². The van der Waals surface area contributed by atoms with Gasteiger partial charge in [0.25, 0.3) is 0 Å². The third-order valence-electron chi connectivity index (χ3n) is 3.21. The van der Waals surface area contributed by atoms with Crippen LogP contribution < -0.4 is 51.4 Å². The smallest absolute Gasteiger partial charge is 0.210 e. The van der Waals surface area contributed by atoms with Crippen molar-refractivity contribution in [1.29, 1.82) is 0 Å². The number of hydrogen-bond donors (Lipinski definition) is 0. The minimum atomic E-state index is -0.933. The average Bonchev–Trinajstić information content (AvgIpc) is 2.39. The molecule has 0 saturated heterocycles. The van der Waals surface area contributed by atoms with E-state index < -0.39 is 6.15 Å². The van der Waals surface area contributed by atoms with E-state index in [2.05, 4.69) is 20.5 Å². The van der Waals surface area contributed by atoms with Crippen molar-refractivity contribution < 1.29 is 55.8 Å². The van der Waals surface area contributed by atoms with Crippen LogP contribution in [0.2, 0.25) is 20.5 Å². The zero-order chi connectivity index (χ0) is 13.9. The molecule has 2 aromatic rings. The molecule has 0 nitrogen and oxygen atoms in total. The van der Waals surface area contributed by atoms with Crippen molar-refractivity contribution in [3.8, 4) is 0 Å². The van der Waals surface area contributed by atoms with E-state index in [0.29, 0.717) is 5.56 Å². The van der Waals surface area contributed by atoms with E-state index in [9.17, 15) is 4.39 Å². The first-order chi connectivity index (χ1) is 9.00. The zero-order valence-electron chi connectivity index (χ0n) is 12.7. The Morgan fingerprint density at radius 3 is 1.55 bits per heavy atom. The molecule has 0 fully saturated rings. The standard InChI is InChI=1S/C17H19BF.K/c1-18(2,3)16(14-10-6-4-7-11-14)17(19)15-12-8-5-9-13-15;/h4-13H,1-3H3;/q-1;+1/b17-16-;. The summed E-state index contributed by atoms with van der Waals surface area (Å²) in [5.41, 5.74) is 2.43. The number of halogens is 1. The van der Waals surface area contributed by atoms with Crippen molar-refractivity contribution in [2.45, 2.75) is 20.5 Å². The Balaban J connectivity index is 0.00000200. The first-order valence-corrected chi connectivity index (χ1v) is 6.78. The molecule has 98 valence electrons. The molecular weight excluding hydrogens is 273 g/mol. The Labute approximate surface area is 163 Å². The summed E-state index contributed by atoms with van der Waals surface area (Å²) in [5.74, 6) is -0.112. The van der Waals surface area contributed by atoms with Gasteiger partial charge in [-0.2, -0.15) is 25.9 Å². The fourth-order valence-electron chi connectivity index (χ4n) is 2.36. The summed E-state index contributed by atoms with van der Waals surface area (Å²) in [5, 5.41) is 0. The summed E-state index contributed by atoms with van der Waals surface area (Å²) in [4.78, 5) is 0. The molecule has 0 spiro atoms. The van der Waals surface area contributed by atoms with Crippen LogP contribution in [0.5, 0.6) is 0 Å². The summed E-state index contributed by atoms with van der Waals surface area (Å²) in [6.45, 7) is 6.31. The van der Waals surface area contributed by atoms with Gasteiger partial charge in [0.05, 0.1) is 5.83 Å². The molecule has 2 aromatic carbocycles. The largest absolute Gasteiger partial charge is 1.00 e. The molecule has 3 heteroatoms. The Morgan fingerprint density at radius 1 is 0.750 bits per heavy atom. The molecule has 0 aliphatic carbocycles. The second-order valence-electron chi connectivity index (χ2n) is 6.06. The summed E-state index contributed by atoms with van der Waals surface area (Å²) in [6, 6.07) is 19.1. The Kier molecular flexibility index (Phi) is 6.89. The molecule has 0 atom stereocenters. The van der Waals surface area contributed by atoms with Gasteiger partial charge in [0.2, 0.25) is 0 Å². The maximum absolute atomic E-state index is 14.9. The van der Waals surface area contributed by atoms with Gasteiger partial charge in [-0.15, -0.1) is 0 Å². The summed E-state index contributed by atoms with van der Waals surface area (Å²) >= 11 is 0. The van der Waals surface area contributed by atoms with E-state index in [1.54, 1.807) is 0 Å². The second kappa shape index (κ2) is 7.72. The fourth-order valence-corrected chi connectivity index (χ4v) is 2.36. The molecule has 0 aliphatic rings. The first kappa shape index (κ1) is 17.9. The predicted octanol–water partition coefficient (Wildman–Crippen LogP) is 2.41. The van der Waals surface area contributed by atoms with Crippen LogP contribution in [0.25, 0.3) is 11.3 Å². The first-order valence-electron chi connectivity index (χ1n) is 6.78. The van der Waals surface area contributed by atoms with Gasteiger partial charge in [0.1, 0.15) is 0 Å². The minimum absolute atomic E-state index is 0. The van der Waals surface area contributed by atoms with Crippen molar-refractivity contribution in [1.82, 2.24) is 0 Å².